The van der Waals surface area contributed by atoms with Gasteiger partial charge in [-0.1, -0.05) is 51.1 Å². The van der Waals surface area contributed by atoms with Gasteiger partial charge in [0.2, 0.25) is 0 Å². The molecule has 1 unspecified atom stereocenters. The third kappa shape index (κ3) is 6.86. The van der Waals surface area contributed by atoms with Gasteiger partial charge in [-0.15, -0.1) is 5.11 Å². The number of benzene rings is 3. The molecule has 0 bridgehead atoms. The van der Waals surface area contributed by atoms with Gasteiger partial charge < -0.3 is 20.1 Å². The Hall–Kier alpha value is -4.37. The maximum atomic E-state index is 14.7. The molecular weight excluding hydrogens is 519 g/mol. The molecule has 4 aromatic rings. The summed E-state index contributed by atoms with van der Waals surface area (Å²) in [7, 11) is 0. The van der Waals surface area contributed by atoms with E-state index in [1.165, 1.54) is 0 Å². The van der Waals surface area contributed by atoms with Gasteiger partial charge >= 0.3 is 0 Å². The number of morpholine rings is 1. The molecule has 212 valence electrons. The van der Waals surface area contributed by atoms with E-state index in [4.69, 9.17) is 4.74 Å². The molecule has 0 spiro atoms. The molecular formula is C32H35FN6O2. The van der Waals surface area contributed by atoms with Crippen LogP contribution in [0.4, 0.5) is 27.5 Å². The van der Waals surface area contributed by atoms with E-state index in [1.54, 1.807) is 12.1 Å². The number of azo groups is 1. The molecule has 2 N–H and O–H groups in total. The Morgan fingerprint density at radius 3 is 2.61 bits per heavy atom. The van der Waals surface area contributed by atoms with E-state index in [0.717, 1.165) is 46.2 Å². The Kier molecular flexibility index (Phi) is 8.84. The lowest BCUT2D eigenvalue weighted by Crippen LogP contribution is -2.49. The average Bonchev–Trinajstić information content (AvgIpc) is 2.99. The first-order valence-electron chi connectivity index (χ1n) is 13.9. The molecule has 1 aliphatic heterocycles. The van der Waals surface area contributed by atoms with Crippen LogP contribution in [0.25, 0.3) is 11.1 Å². The zero-order valence-electron chi connectivity index (χ0n) is 23.6. The summed E-state index contributed by atoms with van der Waals surface area (Å²) in [5.74, 6) is 0.446. The van der Waals surface area contributed by atoms with E-state index in [2.05, 4.69) is 52.4 Å². The predicted octanol–water partition coefficient (Wildman–Crippen LogP) is 7.44. The van der Waals surface area contributed by atoms with Crippen molar-refractivity contribution in [3.05, 3.63) is 89.9 Å². The number of halogens is 1. The number of aromatic nitrogens is 2. The summed E-state index contributed by atoms with van der Waals surface area (Å²) in [6, 6.07) is 21.5. The van der Waals surface area contributed by atoms with E-state index in [0.29, 0.717) is 26.3 Å². The zero-order chi connectivity index (χ0) is 28.8. The van der Waals surface area contributed by atoms with E-state index in [1.807, 2.05) is 53.4 Å². The van der Waals surface area contributed by atoms with Gasteiger partial charge in [0.15, 0.2) is 11.6 Å². The highest BCUT2D eigenvalue weighted by atomic mass is 19.1. The van der Waals surface area contributed by atoms with Gasteiger partial charge in [-0.25, -0.2) is 9.37 Å². The van der Waals surface area contributed by atoms with Crippen LogP contribution in [0.15, 0.2) is 83.2 Å². The van der Waals surface area contributed by atoms with Crippen LogP contribution >= 0.6 is 0 Å². The number of phenolic OH excluding ortho intramolecular Hbond substituents is 1. The fourth-order valence-corrected chi connectivity index (χ4v) is 5.00. The quantitative estimate of drug-likeness (QED) is 0.209. The molecule has 41 heavy (non-hydrogen) atoms. The van der Waals surface area contributed by atoms with Crippen LogP contribution in [0, 0.1) is 11.7 Å². The lowest BCUT2D eigenvalue weighted by Gasteiger charge is -2.38. The summed E-state index contributed by atoms with van der Waals surface area (Å²) in [5, 5.41) is 21.8. The summed E-state index contributed by atoms with van der Waals surface area (Å²) < 4.78 is 20.3. The number of ether oxygens (including phenoxy) is 1. The topological polar surface area (TPSA) is 95.2 Å². The molecule has 9 heteroatoms. The normalized spacial score (nSPS) is 15.5. The van der Waals surface area contributed by atoms with Crippen LogP contribution in [0.1, 0.15) is 31.9 Å². The maximum absolute atomic E-state index is 14.7. The van der Waals surface area contributed by atoms with Crippen molar-refractivity contribution in [3.63, 3.8) is 0 Å². The first kappa shape index (κ1) is 28.2. The minimum absolute atomic E-state index is 0.0356. The van der Waals surface area contributed by atoms with Crippen LogP contribution in [0.5, 0.6) is 5.75 Å². The first-order chi connectivity index (χ1) is 19.9. The number of aryl methyl sites for hydroxylation is 1. The van der Waals surface area contributed by atoms with Gasteiger partial charge in [-0.05, 0) is 71.0 Å². The molecule has 8 nitrogen and oxygen atoms in total. The van der Waals surface area contributed by atoms with E-state index in [9.17, 15) is 9.50 Å². The molecule has 1 fully saturated rings. The Bertz CT molecular complexity index is 1510. The SMILES string of the molecule is CCc1cc(Nc2ccc(-c3cccc(O)c3)cc2)ccc1CN=Nc1ncc(F)c(N2CCOCC2C(C)C)n1. The van der Waals surface area contributed by atoms with Gasteiger partial charge in [0, 0.05) is 17.9 Å². The Balaban J connectivity index is 1.25. The number of phenols is 1. The van der Waals surface area contributed by atoms with Crippen molar-refractivity contribution in [3.8, 4) is 16.9 Å². The fourth-order valence-electron chi connectivity index (χ4n) is 5.00. The fraction of sp³-hybridized carbons (Fsp3) is 0.312. The van der Waals surface area contributed by atoms with Crippen molar-refractivity contribution in [2.75, 3.05) is 30.0 Å². The molecule has 3 aromatic carbocycles. The third-order valence-electron chi connectivity index (χ3n) is 7.26. The van der Waals surface area contributed by atoms with Crippen LogP contribution in [-0.2, 0) is 17.7 Å². The minimum atomic E-state index is -0.470. The standard InChI is InChI=1S/C32H35FN6O2/c1-4-22-16-27(36-26-11-8-23(9-12-26)24-6-5-7-28(40)17-24)13-10-25(22)18-35-38-32-34-19-29(33)31(37-32)39-14-15-41-20-30(39)21(2)3/h5-13,16-17,19,21,30,36,40H,4,14-15,18,20H2,1-3H3. The van der Waals surface area contributed by atoms with E-state index < -0.39 is 5.82 Å². The second-order valence-electron chi connectivity index (χ2n) is 10.4. The third-order valence-corrected chi connectivity index (χ3v) is 7.26. The highest BCUT2D eigenvalue weighted by Gasteiger charge is 2.29. The monoisotopic (exact) mass is 554 g/mol. The molecule has 1 aliphatic rings. The average molecular weight is 555 g/mol. The number of nitrogens with one attached hydrogen (secondary N) is 1. The lowest BCUT2D eigenvalue weighted by atomic mass is 10.0. The Labute approximate surface area is 240 Å². The van der Waals surface area contributed by atoms with Crippen molar-refractivity contribution >= 4 is 23.1 Å². The van der Waals surface area contributed by atoms with Gasteiger partial charge in [0.1, 0.15) is 5.75 Å². The smallest absolute Gasteiger partial charge is 0.270 e. The van der Waals surface area contributed by atoms with Crippen LogP contribution < -0.4 is 10.2 Å². The van der Waals surface area contributed by atoms with Crippen LogP contribution in [0.3, 0.4) is 0 Å². The summed E-state index contributed by atoms with van der Waals surface area (Å²) in [4.78, 5) is 10.4. The highest BCUT2D eigenvalue weighted by molar-refractivity contribution is 5.69. The molecule has 0 radical (unpaired) electrons. The number of anilines is 3. The molecule has 1 atom stereocenters. The molecule has 2 heterocycles. The molecule has 0 amide bonds. The molecule has 0 aliphatic carbocycles. The van der Waals surface area contributed by atoms with Crippen LogP contribution in [-0.4, -0.2) is 40.9 Å². The largest absolute Gasteiger partial charge is 0.508 e. The number of nitrogens with zero attached hydrogens (tertiary/aromatic N) is 5. The number of rotatable bonds is 9. The van der Waals surface area contributed by atoms with Gasteiger partial charge in [0.25, 0.3) is 5.95 Å². The zero-order valence-corrected chi connectivity index (χ0v) is 23.6. The second-order valence-corrected chi connectivity index (χ2v) is 10.4. The number of hydrogen-bond acceptors (Lipinski definition) is 8. The van der Waals surface area contributed by atoms with Crippen molar-refractivity contribution in [2.45, 2.75) is 39.8 Å². The summed E-state index contributed by atoms with van der Waals surface area (Å²) in [6.07, 6.45) is 2.00. The molecule has 5 rings (SSSR count). The summed E-state index contributed by atoms with van der Waals surface area (Å²) in [5.41, 5.74) is 6.14. The summed E-state index contributed by atoms with van der Waals surface area (Å²) in [6.45, 7) is 8.28. The molecule has 0 saturated carbocycles. The van der Waals surface area contributed by atoms with Gasteiger partial charge in [-0.2, -0.15) is 10.1 Å². The lowest BCUT2D eigenvalue weighted by molar-refractivity contribution is 0.0798. The second kappa shape index (κ2) is 12.9. The maximum Gasteiger partial charge on any atom is 0.270 e. The highest BCUT2D eigenvalue weighted by Crippen LogP contribution is 2.28. The van der Waals surface area contributed by atoms with Gasteiger partial charge in [-0.3, -0.25) is 0 Å². The van der Waals surface area contributed by atoms with Crippen molar-refractivity contribution in [1.29, 1.82) is 0 Å². The summed E-state index contributed by atoms with van der Waals surface area (Å²) >= 11 is 0. The number of hydrogen-bond donors (Lipinski definition) is 2. The van der Waals surface area contributed by atoms with Crippen molar-refractivity contribution < 1.29 is 14.2 Å². The minimum Gasteiger partial charge on any atom is -0.508 e. The first-order valence-corrected chi connectivity index (χ1v) is 13.9. The number of aromatic hydroxyl groups is 1. The Morgan fingerprint density at radius 1 is 1.05 bits per heavy atom. The van der Waals surface area contributed by atoms with Crippen molar-refractivity contribution in [1.82, 2.24) is 9.97 Å². The van der Waals surface area contributed by atoms with Crippen LogP contribution in [0.2, 0.25) is 0 Å². The van der Waals surface area contributed by atoms with E-state index in [-0.39, 0.29) is 29.5 Å². The Morgan fingerprint density at radius 2 is 1.85 bits per heavy atom. The van der Waals surface area contributed by atoms with E-state index >= 15 is 0 Å². The predicted molar refractivity (Wildman–Crippen MR) is 160 cm³/mol. The molecule has 1 aromatic heterocycles. The van der Waals surface area contributed by atoms with Crippen molar-refractivity contribution in [2.24, 2.45) is 16.1 Å². The van der Waals surface area contributed by atoms with Gasteiger partial charge in [0.05, 0.1) is 32.0 Å². The molecule has 1 saturated heterocycles.